The molecule has 1 aliphatic carbocycles. The van der Waals surface area contributed by atoms with Crippen molar-refractivity contribution in [1.29, 1.82) is 0 Å². The highest BCUT2D eigenvalue weighted by atomic mass is 16.3. The Morgan fingerprint density at radius 3 is 1.70 bits per heavy atom. The van der Waals surface area contributed by atoms with E-state index in [0.717, 1.165) is 16.6 Å². The summed E-state index contributed by atoms with van der Waals surface area (Å²) in [7, 11) is 0. The van der Waals surface area contributed by atoms with Crippen LogP contribution < -0.4 is 0 Å². The Morgan fingerprint density at radius 1 is 0.380 bits per heavy atom. The number of benzene rings is 9. The standard InChI is InChI=1S/C49H32O/c1-49(2)41-21-11-20-38(47(41)39-26-30-13-3-4-14-31(30)28-42(39)49)46-36-18-9-7-16-34(36)45(35-17-8-10-19-37(35)46)32-23-24-43-40(27-32)48-33-15-6-5-12-29(33)22-25-44(48)50-43/h3-28H,1-2H3. The Hall–Kier alpha value is -6.18. The van der Waals surface area contributed by atoms with E-state index >= 15 is 0 Å². The van der Waals surface area contributed by atoms with E-state index in [1.807, 2.05) is 0 Å². The number of hydrogen-bond donors (Lipinski definition) is 0. The molecule has 0 aliphatic heterocycles. The van der Waals surface area contributed by atoms with Crippen molar-refractivity contribution in [3.63, 3.8) is 0 Å². The molecule has 10 aromatic rings. The summed E-state index contributed by atoms with van der Waals surface area (Å²) in [6, 6.07) is 58.2. The Bertz CT molecular complexity index is 3010. The van der Waals surface area contributed by atoms with E-state index in [-0.39, 0.29) is 5.41 Å². The fraction of sp³-hybridized carbons (Fsp3) is 0.0612. The summed E-state index contributed by atoms with van der Waals surface area (Å²) in [5.41, 5.74) is 12.3. The van der Waals surface area contributed by atoms with E-state index < -0.39 is 0 Å². The summed E-state index contributed by atoms with van der Waals surface area (Å²) in [6.45, 7) is 4.77. The molecule has 0 N–H and O–H groups in total. The molecule has 9 aromatic carbocycles. The zero-order chi connectivity index (χ0) is 33.1. The van der Waals surface area contributed by atoms with Crippen LogP contribution in [-0.4, -0.2) is 0 Å². The molecule has 234 valence electrons. The number of hydrogen-bond acceptors (Lipinski definition) is 1. The van der Waals surface area contributed by atoms with Crippen molar-refractivity contribution in [1.82, 2.24) is 0 Å². The van der Waals surface area contributed by atoms with Crippen LogP contribution in [0.1, 0.15) is 25.0 Å². The predicted octanol–water partition coefficient (Wildman–Crippen LogP) is 13.8. The van der Waals surface area contributed by atoms with Crippen molar-refractivity contribution in [3.8, 4) is 33.4 Å². The third-order valence-corrected chi connectivity index (χ3v) is 11.4. The molecule has 0 bridgehead atoms. The normalized spacial score (nSPS) is 13.6. The molecule has 1 nitrogen and oxygen atoms in total. The van der Waals surface area contributed by atoms with Crippen LogP contribution in [-0.2, 0) is 5.41 Å². The quantitative estimate of drug-likeness (QED) is 0.172. The van der Waals surface area contributed by atoms with Crippen LogP contribution in [0.3, 0.4) is 0 Å². The number of fused-ring (bicyclic) bond motifs is 11. The maximum Gasteiger partial charge on any atom is 0.136 e. The first-order chi connectivity index (χ1) is 24.6. The minimum absolute atomic E-state index is 0.108. The maximum atomic E-state index is 6.42. The second-order valence-electron chi connectivity index (χ2n) is 14.4. The van der Waals surface area contributed by atoms with Crippen molar-refractivity contribution in [2.75, 3.05) is 0 Å². The fourth-order valence-electron chi connectivity index (χ4n) is 9.11. The maximum absolute atomic E-state index is 6.42. The van der Waals surface area contributed by atoms with Crippen molar-refractivity contribution < 1.29 is 4.42 Å². The molecule has 0 radical (unpaired) electrons. The Morgan fingerprint density at radius 2 is 0.980 bits per heavy atom. The minimum atomic E-state index is -0.108. The van der Waals surface area contributed by atoms with E-state index in [1.165, 1.54) is 93.0 Å². The lowest BCUT2D eigenvalue weighted by molar-refractivity contribution is 0.661. The topological polar surface area (TPSA) is 13.1 Å². The average Bonchev–Trinajstić information content (AvgIpc) is 3.64. The largest absolute Gasteiger partial charge is 0.456 e. The predicted molar refractivity (Wildman–Crippen MR) is 212 cm³/mol. The van der Waals surface area contributed by atoms with E-state index in [9.17, 15) is 0 Å². The van der Waals surface area contributed by atoms with Crippen LogP contribution in [0.5, 0.6) is 0 Å². The molecule has 1 aromatic heterocycles. The van der Waals surface area contributed by atoms with Crippen LogP contribution in [0, 0.1) is 0 Å². The second-order valence-corrected chi connectivity index (χ2v) is 14.4. The van der Waals surface area contributed by atoms with Crippen LogP contribution >= 0.6 is 0 Å². The highest BCUT2D eigenvalue weighted by Crippen LogP contribution is 2.55. The highest BCUT2D eigenvalue weighted by molar-refractivity contribution is 6.24. The van der Waals surface area contributed by atoms with Crippen LogP contribution in [0.25, 0.3) is 98.4 Å². The third kappa shape index (κ3) is 3.67. The molecule has 0 atom stereocenters. The van der Waals surface area contributed by atoms with Gasteiger partial charge in [-0.15, -0.1) is 0 Å². The number of rotatable bonds is 2. The zero-order valence-corrected chi connectivity index (χ0v) is 27.9. The van der Waals surface area contributed by atoms with Crippen molar-refractivity contribution in [2.24, 2.45) is 0 Å². The molecule has 0 spiro atoms. The molecular weight excluding hydrogens is 605 g/mol. The molecule has 0 unspecified atom stereocenters. The Kier molecular flexibility index (Phi) is 5.51. The lowest BCUT2D eigenvalue weighted by atomic mass is 9.80. The molecule has 1 heteroatoms. The first-order valence-electron chi connectivity index (χ1n) is 17.5. The zero-order valence-electron chi connectivity index (χ0n) is 27.9. The summed E-state index contributed by atoms with van der Waals surface area (Å²) in [5.74, 6) is 0. The van der Waals surface area contributed by atoms with Gasteiger partial charge in [-0.25, -0.2) is 0 Å². The second kappa shape index (κ2) is 9.94. The highest BCUT2D eigenvalue weighted by Gasteiger charge is 2.37. The summed E-state index contributed by atoms with van der Waals surface area (Å²) >= 11 is 0. The molecule has 1 aliphatic rings. The average molecular weight is 637 g/mol. The fourth-order valence-corrected chi connectivity index (χ4v) is 9.11. The summed E-state index contributed by atoms with van der Waals surface area (Å²) in [6.07, 6.45) is 0. The first-order valence-corrected chi connectivity index (χ1v) is 17.5. The van der Waals surface area contributed by atoms with Gasteiger partial charge < -0.3 is 4.42 Å². The summed E-state index contributed by atoms with van der Waals surface area (Å²) in [4.78, 5) is 0. The van der Waals surface area contributed by atoms with Crippen LogP contribution in [0.4, 0.5) is 0 Å². The van der Waals surface area contributed by atoms with Gasteiger partial charge in [-0.05, 0) is 118 Å². The molecule has 50 heavy (non-hydrogen) atoms. The molecule has 0 amide bonds. The molecule has 0 saturated heterocycles. The minimum Gasteiger partial charge on any atom is -0.456 e. The summed E-state index contributed by atoms with van der Waals surface area (Å²) < 4.78 is 6.42. The monoisotopic (exact) mass is 636 g/mol. The van der Waals surface area contributed by atoms with Gasteiger partial charge in [0.05, 0.1) is 0 Å². The lowest BCUT2D eigenvalue weighted by Gasteiger charge is -2.23. The van der Waals surface area contributed by atoms with Gasteiger partial charge in [-0.1, -0.05) is 141 Å². The molecule has 1 heterocycles. The van der Waals surface area contributed by atoms with Gasteiger partial charge in [0, 0.05) is 16.2 Å². The van der Waals surface area contributed by atoms with Gasteiger partial charge in [0.15, 0.2) is 0 Å². The van der Waals surface area contributed by atoms with Gasteiger partial charge in [-0.3, -0.25) is 0 Å². The van der Waals surface area contributed by atoms with Gasteiger partial charge in [0.1, 0.15) is 11.2 Å². The smallest absolute Gasteiger partial charge is 0.136 e. The van der Waals surface area contributed by atoms with Gasteiger partial charge >= 0.3 is 0 Å². The first kappa shape index (κ1) is 27.7. The van der Waals surface area contributed by atoms with E-state index in [4.69, 9.17) is 4.42 Å². The Balaban J connectivity index is 1.23. The number of furan rings is 1. The van der Waals surface area contributed by atoms with Crippen LogP contribution in [0.2, 0.25) is 0 Å². The van der Waals surface area contributed by atoms with Crippen LogP contribution in [0.15, 0.2) is 162 Å². The van der Waals surface area contributed by atoms with Crippen molar-refractivity contribution in [3.05, 3.63) is 169 Å². The van der Waals surface area contributed by atoms with Gasteiger partial charge in [-0.2, -0.15) is 0 Å². The molecular formula is C49H32O. The summed E-state index contributed by atoms with van der Waals surface area (Å²) in [5, 5.41) is 12.4. The van der Waals surface area contributed by atoms with Crippen molar-refractivity contribution in [2.45, 2.75) is 19.3 Å². The van der Waals surface area contributed by atoms with Crippen molar-refractivity contribution >= 4 is 65.0 Å². The molecule has 0 saturated carbocycles. The molecule has 0 fully saturated rings. The third-order valence-electron chi connectivity index (χ3n) is 11.4. The van der Waals surface area contributed by atoms with Gasteiger partial charge in [0.25, 0.3) is 0 Å². The van der Waals surface area contributed by atoms with E-state index in [0.29, 0.717) is 0 Å². The van der Waals surface area contributed by atoms with Gasteiger partial charge in [0.2, 0.25) is 0 Å². The lowest BCUT2D eigenvalue weighted by Crippen LogP contribution is -2.14. The Labute approximate surface area is 290 Å². The SMILES string of the molecule is CC1(C)c2cc3ccccc3cc2-c2c(-c3c4ccccc4c(-c4ccc5oc6ccc7ccccc7c6c5c4)c4ccccc34)cccc21. The van der Waals surface area contributed by atoms with E-state index in [1.54, 1.807) is 0 Å². The molecule has 11 rings (SSSR count). The van der Waals surface area contributed by atoms with E-state index in [2.05, 4.69) is 172 Å².